The first-order valence-electron chi connectivity index (χ1n) is 3.74. The van der Waals surface area contributed by atoms with E-state index in [1.165, 1.54) is 9.75 Å². The first-order valence-corrected chi connectivity index (χ1v) is 4.55. The number of hydrogen-bond acceptors (Lipinski definition) is 1. The lowest BCUT2D eigenvalue weighted by molar-refractivity contribution is 0.815. The van der Waals surface area contributed by atoms with E-state index in [2.05, 4.69) is 31.9 Å². The Morgan fingerprint density at radius 2 is 2.36 bits per heavy atom. The SMILES string of the molecule is C#CCC(C)c1ccc(C)s1. The zero-order chi connectivity index (χ0) is 8.27. The van der Waals surface area contributed by atoms with Crippen LogP contribution < -0.4 is 0 Å². The van der Waals surface area contributed by atoms with Gasteiger partial charge in [0.25, 0.3) is 0 Å². The van der Waals surface area contributed by atoms with Crippen LogP contribution in [0.15, 0.2) is 12.1 Å². The van der Waals surface area contributed by atoms with Crippen LogP contribution in [-0.2, 0) is 0 Å². The van der Waals surface area contributed by atoms with Gasteiger partial charge in [-0.2, -0.15) is 0 Å². The van der Waals surface area contributed by atoms with Crippen molar-refractivity contribution in [3.63, 3.8) is 0 Å². The molecule has 0 aliphatic carbocycles. The molecule has 1 rings (SSSR count). The lowest BCUT2D eigenvalue weighted by atomic mass is 10.1. The number of aryl methyl sites for hydroxylation is 1. The average Bonchev–Trinajstić information content (AvgIpc) is 2.36. The highest BCUT2D eigenvalue weighted by Gasteiger charge is 2.04. The number of rotatable bonds is 2. The van der Waals surface area contributed by atoms with Gasteiger partial charge in [-0.05, 0) is 19.1 Å². The van der Waals surface area contributed by atoms with E-state index < -0.39 is 0 Å². The number of terminal acetylenes is 1. The Kier molecular flexibility index (Phi) is 2.73. The molecule has 0 bridgehead atoms. The Labute approximate surface area is 72.3 Å². The van der Waals surface area contributed by atoms with Crippen molar-refractivity contribution in [1.29, 1.82) is 0 Å². The van der Waals surface area contributed by atoms with Gasteiger partial charge < -0.3 is 0 Å². The average molecular weight is 164 g/mol. The van der Waals surface area contributed by atoms with Crippen LogP contribution in [0.1, 0.15) is 29.0 Å². The van der Waals surface area contributed by atoms with Crippen LogP contribution in [0, 0.1) is 19.3 Å². The van der Waals surface area contributed by atoms with Crippen LogP contribution in [-0.4, -0.2) is 0 Å². The lowest BCUT2D eigenvalue weighted by Crippen LogP contribution is -1.85. The van der Waals surface area contributed by atoms with Crippen molar-refractivity contribution in [3.8, 4) is 12.3 Å². The highest BCUT2D eigenvalue weighted by atomic mass is 32.1. The van der Waals surface area contributed by atoms with Gasteiger partial charge in [-0.15, -0.1) is 23.7 Å². The Hall–Kier alpha value is -0.740. The summed E-state index contributed by atoms with van der Waals surface area (Å²) in [6, 6.07) is 4.31. The minimum Gasteiger partial charge on any atom is -0.145 e. The molecule has 0 nitrogen and oxygen atoms in total. The van der Waals surface area contributed by atoms with E-state index in [4.69, 9.17) is 6.42 Å². The van der Waals surface area contributed by atoms with Crippen LogP contribution in [0.2, 0.25) is 0 Å². The fourth-order valence-corrected chi connectivity index (χ4v) is 1.92. The Morgan fingerprint density at radius 3 is 2.82 bits per heavy atom. The van der Waals surface area contributed by atoms with E-state index >= 15 is 0 Å². The van der Waals surface area contributed by atoms with Gasteiger partial charge in [-0.3, -0.25) is 0 Å². The zero-order valence-corrected chi connectivity index (χ0v) is 7.74. The Morgan fingerprint density at radius 1 is 1.64 bits per heavy atom. The van der Waals surface area contributed by atoms with Crippen LogP contribution in [0.5, 0.6) is 0 Å². The second kappa shape index (κ2) is 3.59. The molecule has 11 heavy (non-hydrogen) atoms. The molecule has 58 valence electrons. The second-order valence-electron chi connectivity index (χ2n) is 2.76. The summed E-state index contributed by atoms with van der Waals surface area (Å²) in [5.74, 6) is 3.21. The van der Waals surface area contributed by atoms with Crippen LogP contribution in [0.4, 0.5) is 0 Å². The minimum absolute atomic E-state index is 0.527. The molecule has 0 spiro atoms. The van der Waals surface area contributed by atoms with E-state index in [1.807, 2.05) is 11.3 Å². The molecule has 0 N–H and O–H groups in total. The quantitative estimate of drug-likeness (QED) is 0.589. The van der Waals surface area contributed by atoms with Gasteiger partial charge in [-0.25, -0.2) is 0 Å². The molecule has 0 fully saturated rings. The van der Waals surface area contributed by atoms with E-state index in [0.717, 1.165) is 6.42 Å². The summed E-state index contributed by atoms with van der Waals surface area (Å²) >= 11 is 1.84. The van der Waals surface area contributed by atoms with E-state index in [-0.39, 0.29) is 0 Å². The number of hydrogen-bond donors (Lipinski definition) is 0. The Bertz CT molecular complexity index is 265. The summed E-state index contributed by atoms with van der Waals surface area (Å²) in [7, 11) is 0. The standard InChI is InChI=1S/C10H12S/c1-4-5-8(2)10-7-6-9(3)11-10/h1,6-8H,5H2,2-3H3. The summed E-state index contributed by atoms with van der Waals surface area (Å²) in [6.07, 6.45) is 6.08. The highest BCUT2D eigenvalue weighted by molar-refractivity contribution is 7.12. The minimum atomic E-state index is 0.527. The van der Waals surface area contributed by atoms with Crippen molar-refractivity contribution in [2.24, 2.45) is 0 Å². The Balaban J connectivity index is 2.70. The normalized spacial score (nSPS) is 12.5. The third-order valence-electron chi connectivity index (χ3n) is 1.67. The predicted octanol–water partition coefficient (Wildman–Crippen LogP) is 3.18. The molecule has 1 aromatic heterocycles. The van der Waals surface area contributed by atoms with Crippen molar-refractivity contribution in [2.45, 2.75) is 26.2 Å². The molecule has 0 aliphatic rings. The van der Waals surface area contributed by atoms with Gasteiger partial charge in [0.2, 0.25) is 0 Å². The van der Waals surface area contributed by atoms with Crippen LogP contribution in [0.3, 0.4) is 0 Å². The molecule has 1 unspecified atom stereocenters. The molecule has 1 heteroatoms. The van der Waals surface area contributed by atoms with Gasteiger partial charge in [0, 0.05) is 22.1 Å². The first kappa shape index (κ1) is 8.36. The van der Waals surface area contributed by atoms with Crippen molar-refractivity contribution in [1.82, 2.24) is 0 Å². The largest absolute Gasteiger partial charge is 0.145 e. The van der Waals surface area contributed by atoms with Crippen molar-refractivity contribution in [2.75, 3.05) is 0 Å². The van der Waals surface area contributed by atoms with Gasteiger partial charge >= 0.3 is 0 Å². The molecule has 0 radical (unpaired) electrons. The third-order valence-corrected chi connectivity index (χ3v) is 2.90. The van der Waals surface area contributed by atoms with E-state index in [9.17, 15) is 0 Å². The number of thiophene rings is 1. The fraction of sp³-hybridized carbons (Fsp3) is 0.400. The maximum absolute atomic E-state index is 5.23. The summed E-state index contributed by atoms with van der Waals surface area (Å²) in [5, 5.41) is 0. The molecule has 0 saturated carbocycles. The smallest absolute Gasteiger partial charge is 0.0160 e. The molecule has 0 aliphatic heterocycles. The molecule has 1 atom stereocenters. The maximum atomic E-state index is 5.23. The van der Waals surface area contributed by atoms with Crippen LogP contribution >= 0.6 is 11.3 Å². The molecular formula is C10H12S. The topological polar surface area (TPSA) is 0 Å². The summed E-state index contributed by atoms with van der Waals surface area (Å²) in [5.41, 5.74) is 0. The molecule has 0 amide bonds. The van der Waals surface area contributed by atoms with E-state index in [1.54, 1.807) is 0 Å². The van der Waals surface area contributed by atoms with Gasteiger partial charge in [-0.1, -0.05) is 6.92 Å². The second-order valence-corrected chi connectivity index (χ2v) is 4.08. The highest BCUT2D eigenvalue weighted by Crippen LogP contribution is 2.25. The first-order chi connectivity index (χ1) is 5.24. The summed E-state index contributed by atoms with van der Waals surface area (Å²) in [4.78, 5) is 2.77. The van der Waals surface area contributed by atoms with Crippen LogP contribution in [0.25, 0.3) is 0 Å². The van der Waals surface area contributed by atoms with Gasteiger partial charge in [0.15, 0.2) is 0 Å². The third kappa shape index (κ3) is 2.10. The maximum Gasteiger partial charge on any atom is 0.0160 e. The van der Waals surface area contributed by atoms with Gasteiger partial charge in [0.05, 0.1) is 0 Å². The fourth-order valence-electron chi connectivity index (χ4n) is 0.996. The monoisotopic (exact) mass is 164 g/mol. The summed E-state index contributed by atoms with van der Waals surface area (Å²) in [6.45, 7) is 4.29. The predicted molar refractivity (Wildman–Crippen MR) is 50.9 cm³/mol. The van der Waals surface area contributed by atoms with Crippen molar-refractivity contribution >= 4 is 11.3 Å². The zero-order valence-electron chi connectivity index (χ0n) is 6.92. The lowest BCUT2D eigenvalue weighted by Gasteiger charge is -2.02. The summed E-state index contributed by atoms with van der Waals surface area (Å²) < 4.78 is 0. The van der Waals surface area contributed by atoms with Crippen molar-refractivity contribution in [3.05, 3.63) is 21.9 Å². The molecule has 1 aromatic rings. The van der Waals surface area contributed by atoms with Gasteiger partial charge in [0.1, 0.15) is 0 Å². The van der Waals surface area contributed by atoms with E-state index in [0.29, 0.717) is 5.92 Å². The molecular weight excluding hydrogens is 152 g/mol. The molecule has 0 saturated heterocycles. The van der Waals surface area contributed by atoms with Crippen molar-refractivity contribution < 1.29 is 0 Å². The molecule has 1 heterocycles. The molecule has 0 aromatic carbocycles.